The second-order valence-electron chi connectivity index (χ2n) is 9.41. The van der Waals surface area contributed by atoms with Crippen molar-refractivity contribution >= 4 is 5.91 Å². The van der Waals surface area contributed by atoms with Crippen LogP contribution in [0.5, 0.6) is 5.88 Å². The molecule has 0 aliphatic carbocycles. The Bertz CT molecular complexity index is 1230. The summed E-state index contributed by atoms with van der Waals surface area (Å²) in [6.07, 6.45) is 3.24. The maximum absolute atomic E-state index is 13.6. The van der Waals surface area contributed by atoms with Gasteiger partial charge in [0.05, 0.1) is 30.0 Å². The quantitative estimate of drug-likeness (QED) is 0.547. The highest BCUT2D eigenvalue weighted by Crippen LogP contribution is 2.30. The van der Waals surface area contributed by atoms with Gasteiger partial charge >= 0.3 is 0 Å². The zero-order valence-electron chi connectivity index (χ0n) is 20.8. The van der Waals surface area contributed by atoms with E-state index in [1.54, 1.807) is 35.5 Å². The average Bonchev–Trinajstić information content (AvgIpc) is 2.90. The van der Waals surface area contributed by atoms with Crippen molar-refractivity contribution in [3.63, 3.8) is 0 Å². The lowest BCUT2D eigenvalue weighted by Crippen LogP contribution is -2.49. The second-order valence-corrected chi connectivity index (χ2v) is 9.41. The van der Waals surface area contributed by atoms with E-state index in [9.17, 15) is 9.90 Å². The Morgan fingerprint density at radius 2 is 2.00 bits per heavy atom. The number of amides is 1. The van der Waals surface area contributed by atoms with Crippen molar-refractivity contribution in [3.05, 3.63) is 77.7 Å². The Kier molecular flexibility index (Phi) is 7.93. The van der Waals surface area contributed by atoms with Gasteiger partial charge in [0.15, 0.2) is 0 Å². The first kappa shape index (κ1) is 25.3. The summed E-state index contributed by atoms with van der Waals surface area (Å²) in [6, 6.07) is 16.5. The highest BCUT2D eigenvalue weighted by atomic mass is 16.5. The van der Waals surface area contributed by atoms with Crippen LogP contribution in [0, 0.1) is 17.2 Å². The Labute approximate surface area is 211 Å². The number of rotatable bonds is 7. The largest absolute Gasteiger partial charge is 0.472 e. The molecule has 3 atom stereocenters. The molecule has 0 spiro atoms. The maximum atomic E-state index is 13.6. The topological polar surface area (TPSA) is 103 Å². The van der Waals surface area contributed by atoms with Gasteiger partial charge in [-0.2, -0.15) is 5.26 Å². The molecule has 0 unspecified atom stereocenters. The lowest BCUT2D eigenvalue weighted by atomic mass is 9.99. The number of likely N-dealkylation sites (N-methyl/N-ethyl adjacent to an activating group) is 1. The van der Waals surface area contributed by atoms with Crippen molar-refractivity contribution in [3.8, 4) is 23.1 Å². The second kappa shape index (κ2) is 11.3. The van der Waals surface area contributed by atoms with Gasteiger partial charge in [0.25, 0.3) is 5.91 Å². The Hall–Kier alpha value is -3.80. The molecule has 1 aromatic carbocycles. The molecule has 1 amide bonds. The summed E-state index contributed by atoms with van der Waals surface area (Å²) in [5.41, 5.74) is 3.49. The zero-order chi connectivity index (χ0) is 25.7. The Morgan fingerprint density at radius 3 is 2.67 bits per heavy atom. The highest BCUT2D eigenvalue weighted by molar-refractivity contribution is 5.98. The molecule has 1 aliphatic heterocycles. The van der Waals surface area contributed by atoms with Crippen molar-refractivity contribution in [2.45, 2.75) is 32.5 Å². The zero-order valence-corrected chi connectivity index (χ0v) is 20.8. The van der Waals surface area contributed by atoms with Crippen molar-refractivity contribution < 1.29 is 14.6 Å². The molecule has 3 heterocycles. The molecule has 0 saturated heterocycles. The molecule has 2 aromatic heterocycles. The van der Waals surface area contributed by atoms with Crippen LogP contribution in [0.2, 0.25) is 0 Å². The number of carbonyl (C=O) groups excluding carboxylic acids is 1. The highest BCUT2D eigenvalue weighted by Gasteiger charge is 2.34. The van der Waals surface area contributed by atoms with E-state index >= 15 is 0 Å². The van der Waals surface area contributed by atoms with E-state index in [-0.39, 0.29) is 36.5 Å². The standard InChI is InChI=1S/C28H31N5O3/c1-19-15-33(20(2)18-34)28(35)25-12-23(22-9-7-21(13-29)8-10-22)14-31-27(25)36-26(19)17-32(3)16-24-6-4-5-11-30-24/h4-12,14,19-20,26,34H,15-18H2,1-3H3/t19-,20-,26-/m1/s1. The number of aromatic nitrogens is 2. The molecule has 0 radical (unpaired) electrons. The first-order chi connectivity index (χ1) is 17.4. The van der Waals surface area contributed by atoms with E-state index < -0.39 is 0 Å². The minimum absolute atomic E-state index is 0.00212. The third-order valence-corrected chi connectivity index (χ3v) is 6.52. The Morgan fingerprint density at radius 1 is 1.22 bits per heavy atom. The molecule has 1 N–H and O–H groups in total. The first-order valence-electron chi connectivity index (χ1n) is 12.1. The number of aliphatic hydroxyl groups is 1. The van der Waals surface area contributed by atoms with E-state index in [0.717, 1.165) is 16.8 Å². The number of pyridine rings is 2. The van der Waals surface area contributed by atoms with Gasteiger partial charge in [-0.3, -0.25) is 14.7 Å². The van der Waals surface area contributed by atoms with Crippen LogP contribution in [-0.4, -0.2) is 69.7 Å². The van der Waals surface area contributed by atoms with Crippen LogP contribution in [-0.2, 0) is 6.54 Å². The molecule has 1 aliphatic rings. The molecule has 186 valence electrons. The molecule has 8 heteroatoms. The van der Waals surface area contributed by atoms with Crippen LogP contribution >= 0.6 is 0 Å². The van der Waals surface area contributed by atoms with E-state index in [1.807, 2.05) is 44.3 Å². The summed E-state index contributed by atoms with van der Waals surface area (Å²) in [5.74, 6) is 0.0688. The lowest BCUT2D eigenvalue weighted by molar-refractivity contribution is 0.0324. The van der Waals surface area contributed by atoms with Gasteiger partial charge in [0.2, 0.25) is 5.88 Å². The van der Waals surface area contributed by atoms with Gasteiger partial charge < -0.3 is 14.7 Å². The predicted octanol–water partition coefficient (Wildman–Crippen LogP) is 3.37. The molecular formula is C28H31N5O3. The van der Waals surface area contributed by atoms with Crippen molar-refractivity contribution in [2.24, 2.45) is 5.92 Å². The van der Waals surface area contributed by atoms with Gasteiger partial charge in [-0.25, -0.2) is 4.98 Å². The number of benzene rings is 1. The van der Waals surface area contributed by atoms with Crippen LogP contribution < -0.4 is 4.74 Å². The Balaban J connectivity index is 1.66. The number of hydrogen-bond acceptors (Lipinski definition) is 7. The predicted molar refractivity (Wildman–Crippen MR) is 136 cm³/mol. The monoisotopic (exact) mass is 485 g/mol. The number of carbonyl (C=O) groups is 1. The summed E-state index contributed by atoms with van der Waals surface area (Å²) >= 11 is 0. The van der Waals surface area contributed by atoms with E-state index in [1.165, 1.54) is 0 Å². The summed E-state index contributed by atoms with van der Waals surface area (Å²) in [7, 11) is 2.02. The number of nitrogens with zero attached hydrogens (tertiary/aromatic N) is 5. The molecule has 36 heavy (non-hydrogen) atoms. The smallest absolute Gasteiger partial charge is 0.259 e. The van der Waals surface area contributed by atoms with Crippen molar-refractivity contribution in [2.75, 3.05) is 26.7 Å². The number of hydrogen-bond donors (Lipinski definition) is 1. The molecule has 8 nitrogen and oxygen atoms in total. The van der Waals surface area contributed by atoms with Crippen LogP contribution in [0.25, 0.3) is 11.1 Å². The van der Waals surface area contributed by atoms with Crippen molar-refractivity contribution in [1.29, 1.82) is 5.26 Å². The average molecular weight is 486 g/mol. The van der Waals surface area contributed by atoms with Crippen LogP contribution in [0.15, 0.2) is 60.9 Å². The van der Waals surface area contributed by atoms with E-state index in [4.69, 9.17) is 10.00 Å². The van der Waals surface area contributed by atoms with Crippen LogP contribution in [0.1, 0.15) is 35.5 Å². The lowest BCUT2D eigenvalue weighted by Gasteiger charge is -2.37. The van der Waals surface area contributed by atoms with Gasteiger partial charge in [0, 0.05) is 43.5 Å². The van der Waals surface area contributed by atoms with Crippen LogP contribution in [0.4, 0.5) is 0 Å². The fraction of sp³-hybridized carbons (Fsp3) is 0.357. The molecule has 0 fully saturated rings. The summed E-state index contributed by atoms with van der Waals surface area (Å²) < 4.78 is 6.39. The van der Waals surface area contributed by atoms with Gasteiger partial charge in [-0.1, -0.05) is 25.1 Å². The van der Waals surface area contributed by atoms with Gasteiger partial charge in [0.1, 0.15) is 11.7 Å². The number of ether oxygens (including phenoxy) is 1. The fourth-order valence-corrected chi connectivity index (χ4v) is 4.36. The molecular weight excluding hydrogens is 454 g/mol. The third kappa shape index (κ3) is 5.70. The molecule has 3 aromatic rings. The molecule has 0 bridgehead atoms. The van der Waals surface area contributed by atoms with Crippen LogP contribution in [0.3, 0.4) is 0 Å². The van der Waals surface area contributed by atoms with E-state index in [2.05, 4.69) is 27.9 Å². The fourth-order valence-electron chi connectivity index (χ4n) is 4.36. The summed E-state index contributed by atoms with van der Waals surface area (Å²) in [4.78, 5) is 26.5. The van der Waals surface area contributed by atoms with Gasteiger partial charge in [-0.05, 0) is 49.9 Å². The number of aliphatic hydroxyl groups excluding tert-OH is 1. The van der Waals surface area contributed by atoms with E-state index in [0.29, 0.717) is 30.8 Å². The minimum atomic E-state index is -0.351. The first-order valence-corrected chi connectivity index (χ1v) is 12.1. The van der Waals surface area contributed by atoms with Crippen molar-refractivity contribution in [1.82, 2.24) is 19.8 Å². The minimum Gasteiger partial charge on any atom is -0.472 e. The molecule has 0 saturated carbocycles. The maximum Gasteiger partial charge on any atom is 0.259 e. The molecule has 4 rings (SSSR count). The summed E-state index contributed by atoms with van der Waals surface area (Å²) in [6.45, 7) is 5.49. The normalized spacial score (nSPS) is 18.6. The van der Waals surface area contributed by atoms with Gasteiger partial charge in [-0.15, -0.1) is 0 Å². The summed E-state index contributed by atoms with van der Waals surface area (Å²) in [5, 5.41) is 19.0. The third-order valence-electron chi connectivity index (χ3n) is 6.52. The number of fused-ring (bicyclic) bond motifs is 1. The SMILES string of the molecule is C[C@@H]1CN([C@H](C)CO)C(=O)c2cc(-c3ccc(C#N)cc3)cnc2O[C@@H]1CN(C)Cc1ccccn1. The number of nitriles is 1.